The molecule has 0 N–H and O–H groups in total. The van der Waals surface area contributed by atoms with Crippen LogP contribution in [0, 0.1) is 0 Å². The quantitative estimate of drug-likeness (QED) is 0.406. The number of rotatable bonds is 5. The molecule has 0 rings (SSSR count). The Morgan fingerprint density at radius 2 is 2.22 bits per heavy atom. The van der Waals surface area contributed by atoms with Crippen molar-refractivity contribution in [2.45, 2.75) is 0 Å². The molecule has 0 aliphatic rings. The van der Waals surface area contributed by atoms with Crippen molar-refractivity contribution >= 4 is 0 Å². The van der Waals surface area contributed by atoms with E-state index < -0.39 is 0 Å². The molecule has 2 heteroatoms. The minimum Gasteiger partial charge on any atom is -0.364 e. The van der Waals surface area contributed by atoms with Crippen LogP contribution in [0.1, 0.15) is 0 Å². The highest BCUT2D eigenvalue weighted by Crippen LogP contribution is 1.86. The first-order chi connectivity index (χ1) is 4.35. The number of hydrogen-bond donors (Lipinski definition) is 0. The molecule has 0 saturated carbocycles. The topological polar surface area (TPSA) is 12.5 Å². The maximum atomic E-state index is 4.85. The van der Waals surface area contributed by atoms with E-state index in [9.17, 15) is 0 Å². The number of hydrogen-bond acceptors (Lipinski definition) is 2. The summed E-state index contributed by atoms with van der Waals surface area (Å²) in [6, 6.07) is 0. The zero-order chi connectivity index (χ0) is 7.11. The molecule has 0 bridgehead atoms. The molecule has 0 heterocycles. The highest BCUT2D eigenvalue weighted by atomic mass is 16.5. The second-order valence-electron chi connectivity index (χ2n) is 1.66. The molecule has 0 aliphatic heterocycles. The van der Waals surface area contributed by atoms with Gasteiger partial charge in [0, 0.05) is 13.7 Å². The predicted octanol–water partition coefficient (Wildman–Crippen LogP) is 1.22. The van der Waals surface area contributed by atoms with Gasteiger partial charge in [-0.15, -0.1) is 6.58 Å². The average molecular weight is 127 g/mol. The van der Waals surface area contributed by atoms with Crippen molar-refractivity contribution in [2.24, 2.45) is 0 Å². The summed E-state index contributed by atoms with van der Waals surface area (Å²) in [5.41, 5.74) is 0. The van der Waals surface area contributed by atoms with Crippen LogP contribution in [0.3, 0.4) is 0 Å². The van der Waals surface area contributed by atoms with Gasteiger partial charge in [-0.1, -0.05) is 12.7 Å². The van der Waals surface area contributed by atoms with E-state index in [-0.39, 0.29) is 0 Å². The monoisotopic (exact) mass is 127 g/mol. The number of methoxy groups -OCH3 is 1. The molecule has 0 aliphatic carbocycles. The van der Waals surface area contributed by atoms with E-state index in [0.29, 0.717) is 6.73 Å². The lowest BCUT2D eigenvalue weighted by Crippen LogP contribution is -2.18. The summed E-state index contributed by atoms with van der Waals surface area (Å²) in [5.74, 6) is 0. The van der Waals surface area contributed by atoms with Crippen molar-refractivity contribution in [1.82, 2.24) is 4.90 Å². The van der Waals surface area contributed by atoms with Gasteiger partial charge in [0.1, 0.15) is 6.73 Å². The largest absolute Gasteiger partial charge is 0.364 e. The second kappa shape index (κ2) is 5.38. The van der Waals surface area contributed by atoms with Crippen molar-refractivity contribution < 1.29 is 4.74 Å². The third-order valence-electron chi connectivity index (χ3n) is 0.917. The Bertz CT molecular complexity index is 90.9. The maximum Gasteiger partial charge on any atom is 0.118 e. The van der Waals surface area contributed by atoms with Gasteiger partial charge in [0.2, 0.25) is 0 Å². The lowest BCUT2D eigenvalue weighted by atomic mass is 10.6. The van der Waals surface area contributed by atoms with Crippen molar-refractivity contribution in [1.29, 1.82) is 0 Å². The van der Waals surface area contributed by atoms with Gasteiger partial charge in [0.05, 0.1) is 0 Å². The van der Waals surface area contributed by atoms with Gasteiger partial charge < -0.3 is 9.64 Å². The molecule has 0 fully saturated rings. The van der Waals surface area contributed by atoms with Crippen LogP contribution in [-0.2, 0) is 4.74 Å². The van der Waals surface area contributed by atoms with Gasteiger partial charge in [-0.2, -0.15) is 0 Å². The van der Waals surface area contributed by atoms with Crippen LogP contribution in [0.5, 0.6) is 0 Å². The molecule has 0 aromatic carbocycles. The summed E-state index contributed by atoms with van der Waals surface area (Å²) in [7, 11) is 1.65. The number of nitrogens with zero attached hydrogens (tertiary/aromatic N) is 1. The van der Waals surface area contributed by atoms with Gasteiger partial charge in [0.25, 0.3) is 0 Å². The minimum absolute atomic E-state index is 0.579. The lowest BCUT2D eigenvalue weighted by molar-refractivity contribution is 0.104. The van der Waals surface area contributed by atoms with Gasteiger partial charge in [-0.3, -0.25) is 0 Å². The Morgan fingerprint density at radius 3 is 2.56 bits per heavy atom. The summed E-state index contributed by atoms with van der Waals surface area (Å²) in [6.45, 7) is 8.55. The van der Waals surface area contributed by atoms with Crippen LogP contribution < -0.4 is 0 Å². The van der Waals surface area contributed by atoms with E-state index in [1.165, 1.54) is 0 Å². The average Bonchev–Trinajstić information content (AvgIpc) is 1.88. The van der Waals surface area contributed by atoms with Crippen LogP contribution in [0.2, 0.25) is 0 Å². The van der Waals surface area contributed by atoms with Crippen LogP contribution in [-0.4, -0.2) is 25.3 Å². The van der Waals surface area contributed by atoms with E-state index in [1.807, 2.05) is 4.90 Å². The van der Waals surface area contributed by atoms with E-state index in [2.05, 4.69) is 13.2 Å². The first-order valence-electron chi connectivity index (χ1n) is 2.81. The standard InChI is InChI=1S/C7H13NO/c1-4-6-8(5-2)7-9-3/h4-5H,1-2,6-7H2,3H3. The Labute approximate surface area is 56.4 Å². The fourth-order valence-electron chi connectivity index (χ4n) is 0.512. The molecular weight excluding hydrogens is 114 g/mol. The molecule has 0 aromatic heterocycles. The molecule has 0 amide bonds. The normalized spacial score (nSPS) is 8.56. The molecular formula is C7H13NO. The van der Waals surface area contributed by atoms with Crippen LogP contribution in [0.15, 0.2) is 25.4 Å². The zero-order valence-corrected chi connectivity index (χ0v) is 5.84. The molecule has 52 valence electrons. The molecule has 0 unspecified atom stereocenters. The molecule has 0 aromatic rings. The summed E-state index contributed by atoms with van der Waals surface area (Å²) in [4.78, 5) is 1.91. The minimum atomic E-state index is 0.579. The third kappa shape index (κ3) is 3.79. The van der Waals surface area contributed by atoms with Gasteiger partial charge in [-0.25, -0.2) is 0 Å². The first-order valence-corrected chi connectivity index (χ1v) is 2.81. The molecule has 0 saturated heterocycles. The maximum absolute atomic E-state index is 4.85. The molecule has 2 nitrogen and oxygen atoms in total. The van der Waals surface area contributed by atoms with E-state index >= 15 is 0 Å². The highest BCUT2D eigenvalue weighted by Gasteiger charge is 1.89. The summed E-state index contributed by atoms with van der Waals surface area (Å²) < 4.78 is 4.85. The Hall–Kier alpha value is -0.760. The molecule has 9 heavy (non-hydrogen) atoms. The smallest absolute Gasteiger partial charge is 0.118 e. The highest BCUT2D eigenvalue weighted by molar-refractivity contribution is 4.77. The first kappa shape index (κ1) is 8.24. The van der Waals surface area contributed by atoms with Crippen LogP contribution in [0.25, 0.3) is 0 Å². The fraction of sp³-hybridized carbons (Fsp3) is 0.429. The fourth-order valence-corrected chi connectivity index (χ4v) is 0.512. The van der Waals surface area contributed by atoms with Crippen molar-refractivity contribution in [3.63, 3.8) is 0 Å². The van der Waals surface area contributed by atoms with Crippen LogP contribution in [0.4, 0.5) is 0 Å². The zero-order valence-electron chi connectivity index (χ0n) is 5.84. The van der Waals surface area contributed by atoms with Crippen LogP contribution >= 0.6 is 0 Å². The Kier molecular flexibility index (Phi) is 4.92. The van der Waals surface area contributed by atoms with Gasteiger partial charge >= 0.3 is 0 Å². The second-order valence-corrected chi connectivity index (χ2v) is 1.66. The predicted molar refractivity (Wildman–Crippen MR) is 39.0 cm³/mol. The van der Waals surface area contributed by atoms with Crippen molar-refractivity contribution in [3.05, 3.63) is 25.4 Å². The summed E-state index contributed by atoms with van der Waals surface area (Å²) >= 11 is 0. The van der Waals surface area contributed by atoms with Crippen molar-refractivity contribution in [2.75, 3.05) is 20.4 Å². The molecule has 0 radical (unpaired) electrons. The van der Waals surface area contributed by atoms with Crippen molar-refractivity contribution in [3.8, 4) is 0 Å². The van der Waals surface area contributed by atoms with E-state index in [4.69, 9.17) is 4.74 Å². The van der Waals surface area contributed by atoms with Gasteiger partial charge in [-0.05, 0) is 6.20 Å². The van der Waals surface area contributed by atoms with E-state index in [1.54, 1.807) is 19.4 Å². The molecule has 0 atom stereocenters. The third-order valence-corrected chi connectivity index (χ3v) is 0.917. The summed E-state index contributed by atoms with van der Waals surface area (Å²) in [5, 5.41) is 0. The molecule has 0 spiro atoms. The number of ether oxygens (including phenoxy) is 1. The Balaban J connectivity index is 3.40. The lowest BCUT2D eigenvalue weighted by Gasteiger charge is -2.15. The van der Waals surface area contributed by atoms with Gasteiger partial charge in [0.15, 0.2) is 0 Å². The SMILES string of the molecule is C=CCN(C=C)COC. The summed E-state index contributed by atoms with van der Waals surface area (Å²) in [6.07, 6.45) is 3.53. The Morgan fingerprint density at radius 1 is 1.56 bits per heavy atom. The van der Waals surface area contributed by atoms with E-state index in [0.717, 1.165) is 6.54 Å².